The van der Waals surface area contributed by atoms with Gasteiger partial charge in [0.1, 0.15) is 12.0 Å². The van der Waals surface area contributed by atoms with Crippen molar-refractivity contribution in [3.63, 3.8) is 0 Å². The number of pyridine rings is 1. The molecule has 3 unspecified atom stereocenters. The Morgan fingerprint density at radius 3 is 1.97 bits per heavy atom. The highest BCUT2D eigenvalue weighted by molar-refractivity contribution is 5.85. The van der Waals surface area contributed by atoms with Crippen LogP contribution < -0.4 is 9.80 Å². The lowest BCUT2D eigenvalue weighted by Gasteiger charge is -2.50. The van der Waals surface area contributed by atoms with Crippen LogP contribution in [0.5, 0.6) is 0 Å². The van der Waals surface area contributed by atoms with Gasteiger partial charge < -0.3 is 4.90 Å². The third-order valence-corrected chi connectivity index (χ3v) is 6.51. The lowest BCUT2D eigenvalue weighted by atomic mass is 9.66. The number of anilines is 4. The molecule has 0 bridgehead atoms. The van der Waals surface area contributed by atoms with Crippen LogP contribution >= 0.6 is 0 Å². The fraction of sp³-hybridized carbons (Fsp3) is 0.393. The van der Waals surface area contributed by atoms with Gasteiger partial charge in [-0.3, -0.25) is 4.90 Å². The Morgan fingerprint density at radius 2 is 1.39 bits per heavy atom. The van der Waals surface area contributed by atoms with Crippen LogP contribution in [0.3, 0.4) is 0 Å². The van der Waals surface area contributed by atoms with E-state index in [2.05, 4.69) is 79.0 Å². The van der Waals surface area contributed by atoms with Crippen LogP contribution in [-0.2, 0) is 5.41 Å². The predicted molar refractivity (Wildman–Crippen MR) is 142 cm³/mol. The van der Waals surface area contributed by atoms with E-state index in [1.807, 2.05) is 46.0 Å². The summed E-state index contributed by atoms with van der Waals surface area (Å²) in [7, 11) is 0. The summed E-state index contributed by atoms with van der Waals surface area (Å²) in [6, 6.07) is 14.8. The van der Waals surface area contributed by atoms with Gasteiger partial charge >= 0.3 is 0 Å². The molecule has 33 heavy (non-hydrogen) atoms. The second kappa shape index (κ2) is 11.6. The average Bonchev–Trinajstić information content (AvgIpc) is 3.26. The van der Waals surface area contributed by atoms with Crippen LogP contribution in [0.2, 0.25) is 0 Å². The van der Waals surface area contributed by atoms with Crippen molar-refractivity contribution in [3.8, 4) is 0 Å². The SMILES string of the molecule is C=C.CC.CC.CCC1(C)c2ccccc2N2c3nccnc3N(c3ccccn3)C2C1C. The van der Waals surface area contributed by atoms with E-state index in [9.17, 15) is 0 Å². The maximum absolute atomic E-state index is 4.72. The van der Waals surface area contributed by atoms with Crippen molar-refractivity contribution in [1.29, 1.82) is 0 Å². The number of hydrogen-bond acceptors (Lipinski definition) is 5. The van der Waals surface area contributed by atoms with Gasteiger partial charge in [-0.15, -0.1) is 13.2 Å². The summed E-state index contributed by atoms with van der Waals surface area (Å²) >= 11 is 0. The fourth-order valence-electron chi connectivity index (χ4n) is 4.73. The normalized spacial score (nSPS) is 21.5. The van der Waals surface area contributed by atoms with Crippen molar-refractivity contribution >= 4 is 23.1 Å². The van der Waals surface area contributed by atoms with Gasteiger partial charge in [0.2, 0.25) is 0 Å². The first-order chi connectivity index (χ1) is 16.2. The van der Waals surface area contributed by atoms with Gasteiger partial charge in [-0.1, -0.05) is 72.7 Å². The maximum Gasteiger partial charge on any atom is 0.179 e. The Kier molecular flexibility index (Phi) is 9.15. The molecule has 0 saturated heterocycles. The first-order valence-electron chi connectivity index (χ1n) is 12.1. The molecule has 1 aromatic carbocycles. The molecule has 0 aliphatic carbocycles. The van der Waals surface area contributed by atoms with Gasteiger partial charge in [-0.05, 0) is 30.2 Å². The Bertz CT molecular complexity index is 1010. The molecule has 5 rings (SSSR count). The van der Waals surface area contributed by atoms with E-state index >= 15 is 0 Å². The Labute approximate surface area is 200 Å². The molecule has 4 heterocycles. The molecule has 176 valence electrons. The van der Waals surface area contributed by atoms with E-state index in [1.54, 1.807) is 12.4 Å². The van der Waals surface area contributed by atoms with Gasteiger partial charge in [0.15, 0.2) is 11.6 Å². The molecule has 0 saturated carbocycles. The lowest BCUT2D eigenvalue weighted by molar-refractivity contribution is 0.248. The minimum atomic E-state index is 0.0623. The highest BCUT2D eigenvalue weighted by Crippen LogP contribution is 2.56. The monoisotopic (exact) mass is 445 g/mol. The maximum atomic E-state index is 4.72. The summed E-state index contributed by atoms with van der Waals surface area (Å²) in [5, 5.41) is 0. The molecule has 0 N–H and O–H groups in total. The van der Waals surface area contributed by atoms with Crippen molar-refractivity contribution < 1.29 is 0 Å². The summed E-state index contributed by atoms with van der Waals surface area (Å²) < 4.78 is 0. The Morgan fingerprint density at radius 1 is 0.818 bits per heavy atom. The van der Waals surface area contributed by atoms with Crippen LogP contribution in [0.4, 0.5) is 23.1 Å². The highest BCUT2D eigenvalue weighted by atomic mass is 15.5. The van der Waals surface area contributed by atoms with Gasteiger partial charge in [0, 0.05) is 35.6 Å². The van der Waals surface area contributed by atoms with Crippen molar-refractivity contribution in [2.24, 2.45) is 5.92 Å². The number of fused-ring (bicyclic) bond motifs is 5. The van der Waals surface area contributed by atoms with Gasteiger partial charge in [0.25, 0.3) is 0 Å². The number of benzene rings is 1. The number of nitrogens with zero attached hydrogens (tertiary/aromatic N) is 5. The van der Waals surface area contributed by atoms with Gasteiger partial charge in [-0.25, -0.2) is 15.0 Å². The summed E-state index contributed by atoms with van der Waals surface area (Å²) in [5.74, 6) is 3.06. The van der Waals surface area contributed by atoms with Crippen molar-refractivity contribution in [2.45, 2.75) is 66.5 Å². The van der Waals surface area contributed by atoms with E-state index in [0.717, 1.165) is 23.9 Å². The molecule has 3 atom stereocenters. The standard InChI is InChI=1S/C22H23N5.2C2H6.C2H4/c1-4-22(3)15(2)21-26(17-10-6-5-9-16(17)22)19-20(25-14-13-24-19)27(21)18-11-7-8-12-23-18;3*1-2/h5-15,21H,4H2,1-3H3;2*1-2H3;1-2H2. The first kappa shape index (κ1) is 26.0. The first-order valence-corrected chi connectivity index (χ1v) is 12.1. The van der Waals surface area contributed by atoms with Crippen molar-refractivity contribution in [3.05, 3.63) is 79.8 Å². The third-order valence-electron chi connectivity index (χ3n) is 6.51. The van der Waals surface area contributed by atoms with Crippen molar-refractivity contribution in [2.75, 3.05) is 9.80 Å². The second-order valence-electron chi connectivity index (χ2n) is 7.62. The minimum Gasteiger partial charge on any atom is -0.301 e. The zero-order valence-corrected chi connectivity index (χ0v) is 21.3. The van der Waals surface area contributed by atoms with Gasteiger partial charge in [0.05, 0.1) is 0 Å². The molecule has 2 aliphatic heterocycles. The number of rotatable bonds is 2. The molecular weight excluding hydrogens is 406 g/mol. The van der Waals surface area contributed by atoms with Crippen LogP contribution in [0.1, 0.15) is 60.5 Å². The fourth-order valence-corrected chi connectivity index (χ4v) is 4.73. The molecule has 5 heteroatoms. The van der Waals surface area contributed by atoms with Crippen LogP contribution in [0.25, 0.3) is 0 Å². The Hall–Kier alpha value is -3.21. The van der Waals surface area contributed by atoms with Crippen LogP contribution in [0.15, 0.2) is 74.2 Å². The topological polar surface area (TPSA) is 45.2 Å². The summed E-state index contributed by atoms with van der Waals surface area (Å²) in [4.78, 5) is 18.7. The quantitative estimate of drug-likeness (QED) is 0.379. The molecule has 2 aliphatic rings. The summed E-state index contributed by atoms with van der Waals surface area (Å²) in [5.41, 5.74) is 2.67. The van der Waals surface area contributed by atoms with E-state index < -0.39 is 0 Å². The number of aromatic nitrogens is 3. The minimum absolute atomic E-state index is 0.0623. The molecule has 0 amide bonds. The second-order valence-corrected chi connectivity index (χ2v) is 7.62. The smallest absolute Gasteiger partial charge is 0.179 e. The zero-order chi connectivity index (χ0) is 24.6. The predicted octanol–water partition coefficient (Wildman–Crippen LogP) is 7.66. The molecule has 0 fully saturated rings. The third kappa shape index (κ3) is 4.24. The van der Waals surface area contributed by atoms with E-state index in [4.69, 9.17) is 9.97 Å². The average molecular weight is 446 g/mol. The molecule has 0 spiro atoms. The number of hydrogen-bond donors (Lipinski definition) is 0. The highest BCUT2D eigenvalue weighted by Gasteiger charge is 2.53. The molecule has 5 nitrogen and oxygen atoms in total. The van der Waals surface area contributed by atoms with E-state index in [-0.39, 0.29) is 11.6 Å². The number of para-hydroxylation sites is 1. The van der Waals surface area contributed by atoms with E-state index in [1.165, 1.54) is 11.3 Å². The molecular formula is C28H39N5. The van der Waals surface area contributed by atoms with Crippen LogP contribution in [-0.4, -0.2) is 21.1 Å². The molecule has 3 aromatic rings. The van der Waals surface area contributed by atoms with Crippen LogP contribution in [0, 0.1) is 5.92 Å². The molecule has 2 aromatic heterocycles. The van der Waals surface area contributed by atoms with Crippen molar-refractivity contribution in [1.82, 2.24) is 15.0 Å². The Balaban J connectivity index is 0.000000597. The lowest BCUT2D eigenvalue weighted by Crippen LogP contribution is -2.54. The summed E-state index contributed by atoms with van der Waals surface area (Å²) in [6.45, 7) is 21.0. The van der Waals surface area contributed by atoms with Gasteiger partial charge in [-0.2, -0.15) is 0 Å². The van der Waals surface area contributed by atoms with E-state index in [0.29, 0.717) is 5.92 Å². The zero-order valence-electron chi connectivity index (χ0n) is 21.3. The summed E-state index contributed by atoms with van der Waals surface area (Å²) in [6.07, 6.45) is 6.55. The molecule has 0 radical (unpaired) electrons. The largest absolute Gasteiger partial charge is 0.301 e.